The number of likely N-dealkylation sites (N-methyl/N-ethyl adjacent to an activating group) is 1. The van der Waals surface area contributed by atoms with Crippen molar-refractivity contribution >= 4 is 35.4 Å². The fourth-order valence-electron chi connectivity index (χ4n) is 2.61. The number of anilines is 1. The van der Waals surface area contributed by atoms with Crippen molar-refractivity contribution in [3.63, 3.8) is 0 Å². The van der Waals surface area contributed by atoms with Crippen molar-refractivity contribution in [3.05, 3.63) is 58.6 Å². The Balaban J connectivity index is 1.68. The lowest BCUT2D eigenvalue weighted by molar-refractivity contribution is -0.117. The Hall–Kier alpha value is -2.55. The minimum atomic E-state index is -0.164. The lowest BCUT2D eigenvalue weighted by atomic mass is 10.2. The fraction of sp³-hybridized carbons (Fsp3) is 0.222. The summed E-state index contributed by atoms with van der Waals surface area (Å²) < 4.78 is 4.09. The Bertz CT molecular complexity index is 1000. The lowest BCUT2D eigenvalue weighted by Gasteiger charge is -2.16. The summed E-state index contributed by atoms with van der Waals surface area (Å²) in [6.45, 7) is 0.557. The molecule has 0 aliphatic heterocycles. The molecule has 3 rings (SSSR count). The number of para-hydroxylation sites is 1. The second-order valence-corrected chi connectivity index (χ2v) is 6.86. The third-order valence-electron chi connectivity index (χ3n) is 3.92. The van der Waals surface area contributed by atoms with Crippen LogP contribution in [0.1, 0.15) is 0 Å². The number of halogens is 1. The summed E-state index contributed by atoms with van der Waals surface area (Å²) in [6.07, 6.45) is 3.42. The smallest absolute Gasteiger partial charge is 0.238 e. The Morgan fingerprint density at radius 2 is 1.96 bits per heavy atom. The summed E-state index contributed by atoms with van der Waals surface area (Å²) in [5, 5.41) is 7.88. The number of hydrogen-bond donors (Lipinski definition) is 1. The van der Waals surface area contributed by atoms with E-state index >= 15 is 0 Å². The second-order valence-electron chi connectivity index (χ2n) is 6.08. The molecule has 1 N–H and O–H groups in total. The zero-order valence-electron chi connectivity index (χ0n) is 15.0. The molecular weight excluding hydrogens is 384 g/mol. The van der Waals surface area contributed by atoms with Crippen LogP contribution in [-0.2, 0) is 18.5 Å². The summed E-state index contributed by atoms with van der Waals surface area (Å²) >= 11 is 11.5. The van der Waals surface area contributed by atoms with Crippen LogP contribution in [0.2, 0.25) is 5.02 Å². The molecule has 0 aliphatic carbocycles. The summed E-state index contributed by atoms with van der Waals surface area (Å²) in [4.78, 5) is 18.1. The van der Waals surface area contributed by atoms with Crippen molar-refractivity contribution in [3.8, 4) is 11.4 Å². The molecule has 2 heterocycles. The van der Waals surface area contributed by atoms with Crippen LogP contribution >= 0.6 is 23.8 Å². The molecule has 3 aromatic rings. The van der Waals surface area contributed by atoms with Gasteiger partial charge in [-0.05, 0) is 43.5 Å². The quantitative estimate of drug-likeness (QED) is 0.641. The molecular formula is C18H19ClN6OS. The van der Waals surface area contributed by atoms with E-state index in [4.69, 9.17) is 23.8 Å². The van der Waals surface area contributed by atoms with E-state index in [0.717, 1.165) is 11.4 Å². The van der Waals surface area contributed by atoms with Gasteiger partial charge in [-0.3, -0.25) is 14.7 Å². The molecule has 0 bridgehead atoms. The standard InChI is InChI=1S/C18H19ClN6OS/c1-23(11-16(26)21-15-6-4-3-5-14(15)19)12-25-18(27)24(2)17(22-25)13-7-9-20-10-8-13/h3-10H,11-12H2,1-2H3,(H,21,26). The van der Waals surface area contributed by atoms with E-state index in [1.54, 1.807) is 29.2 Å². The summed E-state index contributed by atoms with van der Waals surface area (Å²) in [5.41, 5.74) is 1.52. The number of nitrogens with one attached hydrogen (secondary N) is 1. The maximum atomic E-state index is 12.3. The van der Waals surface area contributed by atoms with Crippen LogP contribution in [0.4, 0.5) is 5.69 Å². The van der Waals surface area contributed by atoms with Crippen LogP contribution in [0, 0.1) is 4.77 Å². The van der Waals surface area contributed by atoms with E-state index in [1.807, 2.05) is 47.8 Å². The van der Waals surface area contributed by atoms with E-state index < -0.39 is 0 Å². The van der Waals surface area contributed by atoms with Crippen LogP contribution in [0.15, 0.2) is 48.8 Å². The lowest BCUT2D eigenvalue weighted by Crippen LogP contribution is -2.32. The molecule has 0 unspecified atom stereocenters. The average Bonchev–Trinajstić information content (AvgIpc) is 2.92. The predicted molar refractivity (Wildman–Crippen MR) is 108 cm³/mol. The molecule has 0 saturated carbocycles. The Kier molecular flexibility index (Phi) is 6.00. The first-order chi connectivity index (χ1) is 13.0. The molecule has 0 aliphatic rings. The molecule has 0 radical (unpaired) electrons. The third-order valence-corrected chi connectivity index (χ3v) is 4.73. The zero-order chi connectivity index (χ0) is 19.4. The van der Waals surface area contributed by atoms with Crippen molar-refractivity contribution in [2.75, 3.05) is 18.9 Å². The maximum Gasteiger partial charge on any atom is 0.238 e. The number of carbonyl (C=O) groups is 1. The minimum absolute atomic E-state index is 0.164. The first-order valence-electron chi connectivity index (χ1n) is 8.23. The van der Waals surface area contributed by atoms with Gasteiger partial charge in [0, 0.05) is 25.0 Å². The normalized spacial score (nSPS) is 11.0. The molecule has 0 atom stereocenters. The van der Waals surface area contributed by atoms with Crippen LogP contribution in [0.3, 0.4) is 0 Å². The van der Waals surface area contributed by atoms with E-state index in [-0.39, 0.29) is 12.5 Å². The topological polar surface area (TPSA) is 68.0 Å². The maximum absolute atomic E-state index is 12.3. The van der Waals surface area contributed by atoms with Crippen LogP contribution < -0.4 is 5.32 Å². The summed E-state index contributed by atoms with van der Waals surface area (Å²) in [6, 6.07) is 10.9. The van der Waals surface area contributed by atoms with Gasteiger partial charge in [0.15, 0.2) is 10.6 Å². The van der Waals surface area contributed by atoms with Gasteiger partial charge >= 0.3 is 0 Å². The Morgan fingerprint density at radius 1 is 1.26 bits per heavy atom. The molecule has 0 saturated heterocycles. The van der Waals surface area contributed by atoms with Crippen LogP contribution in [-0.4, -0.2) is 43.7 Å². The number of hydrogen-bond acceptors (Lipinski definition) is 5. The van der Waals surface area contributed by atoms with Gasteiger partial charge in [-0.1, -0.05) is 23.7 Å². The minimum Gasteiger partial charge on any atom is -0.324 e. The largest absolute Gasteiger partial charge is 0.324 e. The highest BCUT2D eigenvalue weighted by molar-refractivity contribution is 7.71. The van der Waals surface area contributed by atoms with Gasteiger partial charge in [0.1, 0.15) is 0 Å². The second kappa shape index (κ2) is 8.43. The van der Waals surface area contributed by atoms with E-state index in [2.05, 4.69) is 15.4 Å². The van der Waals surface area contributed by atoms with Gasteiger partial charge < -0.3 is 9.88 Å². The zero-order valence-corrected chi connectivity index (χ0v) is 16.5. The van der Waals surface area contributed by atoms with Gasteiger partial charge in [-0.25, -0.2) is 4.68 Å². The number of pyridine rings is 1. The summed E-state index contributed by atoms with van der Waals surface area (Å²) in [7, 11) is 3.69. The molecule has 0 spiro atoms. The highest BCUT2D eigenvalue weighted by atomic mass is 35.5. The highest BCUT2D eigenvalue weighted by Crippen LogP contribution is 2.20. The highest BCUT2D eigenvalue weighted by Gasteiger charge is 2.13. The number of carbonyl (C=O) groups excluding carboxylic acids is 1. The summed E-state index contributed by atoms with van der Waals surface area (Å²) in [5.74, 6) is 0.582. The predicted octanol–water partition coefficient (Wildman–Crippen LogP) is 3.19. The number of nitrogens with zero attached hydrogens (tertiary/aromatic N) is 5. The number of rotatable bonds is 6. The van der Waals surface area contributed by atoms with E-state index in [9.17, 15) is 4.79 Å². The monoisotopic (exact) mass is 402 g/mol. The number of aromatic nitrogens is 4. The van der Waals surface area contributed by atoms with Gasteiger partial charge in [0.05, 0.1) is 23.9 Å². The van der Waals surface area contributed by atoms with E-state index in [0.29, 0.717) is 22.1 Å². The van der Waals surface area contributed by atoms with Gasteiger partial charge in [-0.2, -0.15) is 5.10 Å². The molecule has 1 amide bonds. The van der Waals surface area contributed by atoms with Crippen molar-refractivity contribution in [1.29, 1.82) is 0 Å². The average molecular weight is 403 g/mol. The molecule has 140 valence electrons. The van der Waals surface area contributed by atoms with Crippen molar-refractivity contribution in [2.45, 2.75) is 6.67 Å². The molecule has 1 aromatic carbocycles. The first-order valence-corrected chi connectivity index (χ1v) is 9.01. The number of amides is 1. The number of benzene rings is 1. The van der Waals surface area contributed by atoms with E-state index in [1.165, 1.54) is 0 Å². The Morgan fingerprint density at radius 3 is 2.67 bits per heavy atom. The molecule has 2 aromatic heterocycles. The van der Waals surface area contributed by atoms with Crippen molar-refractivity contribution in [1.82, 2.24) is 24.2 Å². The van der Waals surface area contributed by atoms with Gasteiger partial charge in [0.25, 0.3) is 0 Å². The van der Waals surface area contributed by atoms with Crippen LogP contribution in [0.5, 0.6) is 0 Å². The SMILES string of the molecule is CN(CC(=O)Nc1ccccc1Cl)Cn1nc(-c2ccncc2)n(C)c1=S. The molecule has 9 heteroatoms. The Labute approximate surface area is 167 Å². The van der Waals surface area contributed by atoms with Crippen LogP contribution in [0.25, 0.3) is 11.4 Å². The first kappa shape index (κ1) is 19.2. The van der Waals surface area contributed by atoms with Gasteiger partial charge in [0.2, 0.25) is 5.91 Å². The molecule has 27 heavy (non-hydrogen) atoms. The van der Waals surface area contributed by atoms with Crippen molar-refractivity contribution < 1.29 is 4.79 Å². The van der Waals surface area contributed by atoms with Gasteiger partial charge in [-0.15, -0.1) is 0 Å². The molecule has 7 nitrogen and oxygen atoms in total. The fourth-order valence-corrected chi connectivity index (χ4v) is 2.98. The molecule has 0 fully saturated rings. The third kappa shape index (κ3) is 4.60. The van der Waals surface area contributed by atoms with Crippen molar-refractivity contribution in [2.24, 2.45) is 7.05 Å².